The maximum atomic E-state index is 14.5. The van der Waals surface area contributed by atoms with Crippen molar-refractivity contribution in [2.45, 2.75) is 30.6 Å². The smallest absolute Gasteiger partial charge is 0.303 e. The van der Waals surface area contributed by atoms with Crippen molar-refractivity contribution in [1.82, 2.24) is 0 Å². The summed E-state index contributed by atoms with van der Waals surface area (Å²) in [4.78, 5) is 28.2. The summed E-state index contributed by atoms with van der Waals surface area (Å²) in [5.41, 5.74) is 0.160. The molecular weight excluding hydrogens is 463 g/mol. The van der Waals surface area contributed by atoms with Crippen molar-refractivity contribution in [3.63, 3.8) is 0 Å². The van der Waals surface area contributed by atoms with Crippen LogP contribution in [0.15, 0.2) is 27.7 Å². The first-order valence-corrected chi connectivity index (χ1v) is 11.6. The van der Waals surface area contributed by atoms with E-state index >= 15 is 0 Å². The number of carboxylic acid groups (broad SMARTS) is 1. The number of anilines is 1. The third-order valence-electron chi connectivity index (χ3n) is 4.24. The molecule has 0 spiro atoms. The van der Waals surface area contributed by atoms with Crippen LogP contribution in [-0.2, 0) is 19.4 Å². The average Bonchev–Trinajstić information content (AvgIpc) is 2.98. The Morgan fingerprint density at radius 2 is 2.07 bits per heavy atom. The molecule has 3 rings (SSSR count). The summed E-state index contributed by atoms with van der Waals surface area (Å²) >= 11 is 4.33. The second-order valence-electron chi connectivity index (χ2n) is 6.30. The Morgan fingerprint density at radius 1 is 1.33 bits per heavy atom. The van der Waals surface area contributed by atoms with Crippen LogP contribution in [0.1, 0.15) is 19.3 Å². The molecule has 146 valence electrons. The van der Waals surface area contributed by atoms with Crippen molar-refractivity contribution in [2.24, 2.45) is 4.99 Å². The van der Waals surface area contributed by atoms with Crippen LogP contribution in [0.5, 0.6) is 0 Å². The number of rotatable bonds is 5. The lowest BCUT2D eigenvalue weighted by atomic mass is 10.2. The fraction of sp³-hybridized carbons (Fsp3) is 0.438. The number of nitrogens with zero attached hydrogens (tertiary/aromatic N) is 2. The Hall–Kier alpha value is -1.46. The van der Waals surface area contributed by atoms with E-state index in [4.69, 9.17) is 5.11 Å². The molecule has 1 aromatic rings. The van der Waals surface area contributed by atoms with Gasteiger partial charge in [-0.3, -0.25) is 9.59 Å². The molecule has 1 aromatic carbocycles. The topological polar surface area (TPSA) is 104 Å². The Labute approximate surface area is 168 Å². The van der Waals surface area contributed by atoms with Gasteiger partial charge in [-0.2, -0.15) is 4.99 Å². The van der Waals surface area contributed by atoms with Gasteiger partial charge in [-0.05, 0) is 24.6 Å². The summed E-state index contributed by atoms with van der Waals surface area (Å²) in [6, 6.07) is 3.91. The molecule has 1 amide bonds. The minimum atomic E-state index is -3.24. The highest BCUT2D eigenvalue weighted by Gasteiger charge is 2.49. The minimum Gasteiger partial charge on any atom is -0.481 e. The number of amides is 1. The Kier molecular flexibility index (Phi) is 5.92. The zero-order valence-corrected chi connectivity index (χ0v) is 17.2. The summed E-state index contributed by atoms with van der Waals surface area (Å²) in [6.07, 6.45) is -0.0254. The molecule has 7 nitrogen and oxygen atoms in total. The van der Waals surface area contributed by atoms with E-state index in [2.05, 4.69) is 20.9 Å². The molecule has 0 bridgehead atoms. The van der Waals surface area contributed by atoms with Crippen LogP contribution >= 0.6 is 27.7 Å². The largest absolute Gasteiger partial charge is 0.481 e. The van der Waals surface area contributed by atoms with Gasteiger partial charge in [0, 0.05) is 22.6 Å². The highest BCUT2D eigenvalue weighted by Crippen LogP contribution is 2.42. The lowest BCUT2D eigenvalue weighted by molar-refractivity contribution is -0.137. The molecule has 0 unspecified atom stereocenters. The predicted molar refractivity (Wildman–Crippen MR) is 104 cm³/mol. The number of carbonyl (C=O) groups excluding carboxylic acids is 1. The van der Waals surface area contributed by atoms with E-state index in [1.54, 1.807) is 6.07 Å². The minimum absolute atomic E-state index is 0.0410. The number of fused-ring (bicyclic) bond motifs is 1. The zero-order valence-electron chi connectivity index (χ0n) is 14.0. The molecule has 2 aliphatic heterocycles. The van der Waals surface area contributed by atoms with Gasteiger partial charge in [0.25, 0.3) is 0 Å². The van der Waals surface area contributed by atoms with Gasteiger partial charge in [0.2, 0.25) is 5.91 Å². The van der Waals surface area contributed by atoms with Crippen molar-refractivity contribution in [2.75, 3.05) is 16.4 Å². The third-order valence-corrected chi connectivity index (χ3v) is 7.94. The molecule has 2 saturated heterocycles. The van der Waals surface area contributed by atoms with Crippen molar-refractivity contribution in [1.29, 1.82) is 0 Å². The second-order valence-corrected chi connectivity index (χ2v) is 10.6. The van der Waals surface area contributed by atoms with E-state index in [0.29, 0.717) is 4.47 Å². The molecule has 0 aromatic heterocycles. The molecule has 1 N–H and O–H groups in total. The number of aliphatic imine (C=N–C) groups is 1. The summed E-state index contributed by atoms with van der Waals surface area (Å²) in [6.45, 7) is 0. The van der Waals surface area contributed by atoms with E-state index in [1.807, 2.05) is 0 Å². The van der Waals surface area contributed by atoms with Crippen LogP contribution in [0.4, 0.5) is 10.1 Å². The van der Waals surface area contributed by atoms with E-state index in [-0.39, 0.29) is 46.9 Å². The van der Waals surface area contributed by atoms with Crippen molar-refractivity contribution >= 4 is 60.3 Å². The summed E-state index contributed by atoms with van der Waals surface area (Å²) in [7, 11) is -3.24. The van der Waals surface area contributed by atoms with Crippen LogP contribution in [0.2, 0.25) is 0 Å². The number of benzene rings is 1. The standard InChI is InChI=1S/C16H16BrFN2O5S2/c17-9-4-5-11(10(18)6-9)20-12-7-27(24,25)8-13(12)26-16(20)19-14(21)2-1-3-15(22)23/h4-6,12-13H,1-3,7-8H2,(H,22,23)/t12-,13+/m0/s1. The Morgan fingerprint density at radius 3 is 2.74 bits per heavy atom. The maximum Gasteiger partial charge on any atom is 0.303 e. The molecule has 11 heteroatoms. The number of aliphatic carboxylic acids is 1. The van der Waals surface area contributed by atoms with Crippen molar-refractivity contribution in [3.05, 3.63) is 28.5 Å². The van der Waals surface area contributed by atoms with Crippen LogP contribution in [0.25, 0.3) is 0 Å². The highest BCUT2D eigenvalue weighted by molar-refractivity contribution is 9.10. The molecule has 2 atom stereocenters. The summed E-state index contributed by atoms with van der Waals surface area (Å²) in [5, 5.41) is 8.57. The molecule has 0 saturated carbocycles. The second kappa shape index (κ2) is 7.88. The van der Waals surface area contributed by atoms with Crippen LogP contribution in [0.3, 0.4) is 0 Å². The van der Waals surface area contributed by atoms with Crippen LogP contribution in [-0.4, -0.2) is 53.4 Å². The van der Waals surface area contributed by atoms with E-state index in [9.17, 15) is 22.4 Å². The molecular formula is C16H16BrFN2O5S2. The van der Waals surface area contributed by atoms with E-state index < -0.39 is 33.6 Å². The number of carboxylic acids is 1. The fourth-order valence-electron chi connectivity index (χ4n) is 3.08. The van der Waals surface area contributed by atoms with E-state index in [1.165, 1.54) is 17.0 Å². The zero-order chi connectivity index (χ0) is 19.8. The molecule has 2 aliphatic rings. The molecule has 2 fully saturated rings. The van der Waals surface area contributed by atoms with Gasteiger partial charge >= 0.3 is 5.97 Å². The first-order chi connectivity index (χ1) is 12.7. The number of hydrogen-bond acceptors (Lipinski definition) is 5. The van der Waals surface area contributed by atoms with Gasteiger partial charge in [-0.1, -0.05) is 27.7 Å². The number of amidine groups is 1. The van der Waals surface area contributed by atoms with Gasteiger partial charge in [-0.15, -0.1) is 0 Å². The number of thioether (sulfide) groups is 1. The first kappa shape index (κ1) is 20.3. The Balaban J connectivity index is 1.89. The lowest BCUT2D eigenvalue weighted by Crippen LogP contribution is -2.38. The number of sulfone groups is 1. The number of halogens is 2. The molecule has 0 aliphatic carbocycles. The fourth-order valence-corrected chi connectivity index (χ4v) is 7.33. The SMILES string of the molecule is O=C(O)CCCC(=O)N=C1S[C@@H]2CS(=O)(=O)C[C@@H]2N1c1ccc(Br)cc1F. The first-order valence-electron chi connectivity index (χ1n) is 8.11. The predicted octanol–water partition coefficient (Wildman–Crippen LogP) is 2.44. The highest BCUT2D eigenvalue weighted by atomic mass is 79.9. The van der Waals surface area contributed by atoms with E-state index in [0.717, 1.165) is 11.8 Å². The monoisotopic (exact) mass is 478 g/mol. The number of carbonyl (C=O) groups is 2. The maximum absolute atomic E-state index is 14.5. The van der Waals surface area contributed by atoms with Crippen LogP contribution < -0.4 is 4.90 Å². The third kappa shape index (κ3) is 4.69. The number of hydrogen-bond donors (Lipinski definition) is 1. The van der Waals surface area contributed by atoms with Crippen LogP contribution in [0, 0.1) is 5.82 Å². The van der Waals surface area contributed by atoms with Gasteiger partial charge in [0.1, 0.15) is 5.82 Å². The molecule has 2 heterocycles. The van der Waals surface area contributed by atoms with Crippen molar-refractivity contribution in [3.8, 4) is 0 Å². The average molecular weight is 479 g/mol. The van der Waals surface area contributed by atoms with Gasteiger partial charge < -0.3 is 10.0 Å². The Bertz CT molecular complexity index is 921. The lowest BCUT2D eigenvalue weighted by Gasteiger charge is -2.25. The van der Waals surface area contributed by atoms with Gasteiger partial charge in [0.15, 0.2) is 15.0 Å². The van der Waals surface area contributed by atoms with Crippen molar-refractivity contribution < 1.29 is 27.5 Å². The molecule has 0 radical (unpaired) electrons. The van der Waals surface area contributed by atoms with Gasteiger partial charge in [-0.25, -0.2) is 12.8 Å². The molecule has 27 heavy (non-hydrogen) atoms. The quantitative estimate of drug-likeness (QED) is 0.692. The normalized spacial score (nSPS) is 25.0. The van der Waals surface area contributed by atoms with Gasteiger partial charge in [0.05, 0.1) is 23.2 Å². The summed E-state index contributed by atoms with van der Waals surface area (Å²) in [5.74, 6) is -2.25. The summed E-state index contributed by atoms with van der Waals surface area (Å²) < 4.78 is 39.0.